The molecular formula is C13H26N2. The van der Waals surface area contributed by atoms with Crippen LogP contribution in [0.5, 0.6) is 0 Å². The number of piperidine rings is 1. The molecule has 0 spiro atoms. The lowest BCUT2D eigenvalue weighted by Crippen LogP contribution is -2.39. The van der Waals surface area contributed by atoms with Crippen molar-refractivity contribution in [1.29, 1.82) is 0 Å². The number of nitrogens with two attached hydrogens (primary N) is 1. The summed E-state index contributed by atoms with van der Waals surface area (Å²) >= 11 is 0. The number of nitrogens with zero attached hydrogens (tertiary/aromatic N) is 1. The molecule has 0 aromatic heterocycles. The number of likely N-dealkylation sites (tertiary alicyclic amines) is 1. The highest BCUT2D eigenvalue weighted by Gasteiger charge is 2.21. The molecule has 1 aliphatic heterocycles. The fraction of sp³-hybridized carbons (Fsp3) is 1.00. The van der Waals surface area contributed by atoms with Crippen LogP contribution >= 0.6 is 0 Å². The lowest BCUT2D eigenvalue weighted by molar-refractivity contribution is 0.148. The molecule has 0 radical (unpaired) electrons. The third kappa shape index (κ3) is 3.46. The minimum absolute atomic E-state index is 0.813. The minimum atomic E-state index is 0.813. The Kier molecular flexibility index (Phi) is 4.45. The molecule has 1 saturated heterocycles. The van der Waals surface area contributed by atoms with E-state index in [0.717, 1.165) is 18.4 Å². The maximum atomic E-state index is 5.71. The van der Waals surface area contributed by atoms with E-state index in [4.69, 9.17) is 5.73 Å². The Bertz CT molecular complexity index is 167. The van der Waals surface area contributed by atoms with Gasteiger partial charge in [0.05, 0.1) is 0 Å². The van der Waals surface area contributed by atoms with E-state index in [-0.39, 0.29) is 0 Å². The van der Waals surface area contributed by atoms with E-state index >= 15 is 0 Å². The SMILES string of the molecule is NCC1CCN(CC2CCCCC2)CC1. The highest BCUT2D eigenvalue weighted by molar-refractivity contribution is 4.76. The predicted molar refractivity (Wildman–Crippen MR) is 64.8 cm³/mol. The van der Waals surface area contributed by atoms with Crippen molar-refractivity contribution in [3.05, 3.63) is 0 Å². The van der Waals surface area contributed by atoms with Crippen LogP contribution in [0.2, 0.25) is 0 Å². The van der Waals surface area contributed by atoms with Crippen molar-refractivity contribution in [1.82, 2.24) is 4.90 Å². The van der Waals surface area contributed by atoms with Gasteiger partial charge in [0, 0.05) is 6.54 Å². The molecule has 0 aromatic rings. The molecule has 2 heteroatoms. The minimum Gasteiger partial charge on any atom is -0.330 e. The van der Waals surface area contributed by atoms with Crippen LogP contribution in [0.1, 0.15) is 44.9 Å². The van der Waals surface area contributed by atoms with Gasteiger partial charge in [0.2, 0.25) is 0 Å². The number of rotatable bonds is 3. The monoisotopic (exact) mass is 210 g/mol. The van der Waals surface area contributed by atoms with Gasteiger partial charge < -0.3 is 10.6 Å². The lowest BCUT2D eigenvalue weighted by atomic mass is 9.88. The van der Waals surface area contributed by atoms with Crippen LogP contribution in [0.4, 0.5) is 0 Å². The molecule has 15 heavy (non-hydrogen) atoms. The molecule has 0 aromatic carbocycles. The molecule has 2 nitrogen and oxygen atoms in total. The second-order valence-corrected chi connectivity index (χ2v) is 5.48. The summed E-state index contributed by atoms with van der Waals surface area (Å²) in [4.78, 5) is 2.68. The van der Waals surface area contributed by atoms with Gasteiger partial charge in [-0.15, -0.1) is 0 Å². The van der Waals surface area contributed by atoms with E-state index < -0.39 is 0 Å². The van der Waals surface area contributed by atoms with Crippen molar-refractivity contribution in [3.63, 3.8) is 0 Å². The van der Waals surface area contributed by atoms with E-state index in [1.165, 1.54) is 64.6 Å². The maximum absolute atomic E-state index is 5.71. The van der Waals surface area contributed by atoms with Gasteiger partial charge in [0.25, 0.3) is 0 Å². The molecule has 0 amide bonds. The molecule has 0 unspecified atom stereocenters. The summed E-state index contributed by atoms with van der Waals surface area (Å²) in [7, 11) is 0. The van der Waals surface area contributed by atoms with Crippen LogP contribution in [0.3, 0.4) is 0 Å². The van der Waals surface area contributed by atoms with Gasteiger partial charge in [0.15, 0.2) is 0 Å². The predicted octanol–water partition coefficient (Wildman–Crippen LogP) is 2.24. The first-order chi connectivity index (χ1) is 7.38. The van der Waals surface area contributed by atoms with Crippen LogP contribution in [-0.4, -0.2) is 31.1 Å². The highest BCUT2D eigenvalue weighted by Crippen LogP contribution is 2.26. The van der Waals surface area contributed by atoms with Crippen molar-refractivity contribution in [3.8, 4) is 0 Å². The molecule has 0 bridgehead atoms. The molecule has 1 heterocycles. The zero-order chi connectivity index (χ0) is 10.5. The zero-order valence-electron chi connectivity index (χ0n) is 9.96. The third-order valence-corrected chi connectivity index (χ3v) is 4.28. The van der Waals surface area contributed by atoms with E-state index in [1.54, 1.807) is 0 Å². The second kappa shape index (κ2) is 5.86. The molecule has 2 rings (SSSR count). The highest BCUT2D eigenvalue weighted by atomic mass is 15.1. The summed E-state index contributed by atoms with van der Waals surface area (Å²) in [5.74, 6) is 1.82. The topological polar surface area (TPSA) is 29.3 Å². The first-order valence-electron chi connectivity index (χ1n) is 6.81. The maximum Gasteiger partial charge on any atom is 0.000966 e. The van der Waals surface area contributed by atoms with Crippen LogP contribution < -0.4 is 5.73 Å². The van der Waals surface area contributed by atoms with Crippen molar-refractivity contribution in [2.24, 2.45) is 17.6 Å². The van der Waals surface area contributed by atoms with Crippen LogP contribution in [-0.2, 0) is 0 Å². The summed E-state index contributed by atoms with van der Waals surface area (Å²) in [6.45, 7) is 4.88. The number of hydrogen-bond acceptors (Lipinski definition) is 2. The molecule has 2 N–H and O–H groups in total. The zero-order valence-corrected chi connectivity index (χ0v) is 9.96. The first kappa shape index (κ1) is 11.4. The Morgan fingerprint density at radius 3 is 2.13 bits per heavy atom. The molecule has 2 fully saturated rings. The van der Waals surface area contributed by atoms with Crippen molar-refractivity contribution >= 4 is 0 Å². The van der Waals surface area contributed by atoms with Crippen molar-refractivity contribution < 1.29 is 0 Å². The Hall–Kier alpha value is -0.0800. The summed E-state index contributed by atoms with van der Waals surface area (Å²) < 4.78 is 0. The van der Waals surface area contributed by atoms with E-state index in [9.17, 15) is 0 Å². The summed E-state index contributed by atoms with van der Waals surface area (Å²) in [6, 6.07) is 0. The van der Waals surface area contributed by atoms with Gasteiger partial charge in [-0.25, -0.2) is 0 Å². The standard InChI is InChI=1S/C13H26N2/c14-10-12-6-8-15(9-7-12)11-13-4-2-1-3-5-13/h12-13H,1-11,14H2. The molecule has 0 atom stereocenters. The van der Waals surface area contributed by atoms with Crippen molar-refractivity contribution in [2.45, 2.75) is 44.9 Å². The summed E-state index contributed by atoms with van der Waals surface area (Å²) in [6.07, 6.45) is 10.1. The second-order valence-electron chi connectivity index (χ2n) is 5.48. The summed E-state index contributed by atoms with van der Waals surface area (Å²) in [5.41, 5.74) is 5.71. The Balaban J connectivity index is 1.67. The van der Waals surface area contributed by atoms with Crippen LogP contribution in [0.25, 0.3) is 0 Å². The molecular weight excluding hydrogens is 184 g/mol. The van der Waals surface area contributed by atoms with E-state index in [0.29, 0.717) is 0 Å². The average Bonchev–Trinajstić information content (AvgIpc) is 2.31. The number of hydrogen-bond donors (Lipinski definition) is 1. The van der Waals surface area contributed by atoms with Gasteiger partial charge in [-0.3, -0.25) is 0 Å². The Labute approximate surface area is 94.2 Å². The third-order valence-electron chi connectivity index (χ3n) is 4.28. The van der Waals surface area contributed by atoms with Gasteiger partial charge in [-0.1, -0.05) is 19.3 Å². The quantitative estimate of drug-likeness (QED) is 0.774. The van der Waals surface area contributed by atoms with E-state index in [1.807, 2.05) is 0 Å². The molecule has 88 valence electrons. The molecule has 1 saturated carbocycles. The molecule has 1 aliphatic carbocycles. The van der Waals surface area contributed by atoms with Crippen LogP contribution in [0, 0.1) is 11.8 Å². The largest absolute Gasteiger partial charge is 0.330 e. The lowest BCUT2D eigenvalue weighted by Gasteiger charge is -2.35. The van der Waals surface area contributed by atoms with Gasteiger partial charge in [-0.2, -0.15) is 0 Å². The first-order valence-corrected chi connectivity index (χ1v) is 6.81. The van der Waals surface area contributed by atoms with E-state index in [2.05, 4.69) is 4.90 Å². The smallest absolute Gasteiger partial charge is 0.000966 e. The van der Waals surface area contributed by atoms with Gasteiger partial charge in [0.1, 0.15) is 0 Å². The normalized spacial score (nSPS) is 27.0. The molecule has 2 aliphatic rings. The fourth-order valence-corrected chi connectivity index (χ4v) is 3.14. The Morgan fingerprint density at radius 1 is 0.867 bits per heavy atom. The summed E-state index contributed by atoms with van der Waals surface area (Å²) in [5, 5.41) is 0. The van der Waals surface area contributed by atoms with Crippen molar-refractivity contribution in [2.75, 3.05) is 26.2 Å². The van der Waals surface area contributed by atoms with Gasteiger partial charge >= 0.3 is 0 Å². The Morgan fingerprint density at radius 2 is 1.53 bits per heavy atom. The van der Waals surface area contributed by atoms with Gasteiger partial charge in [-0.05, 0) is 57.2 Å². The average molecular weight is 210 g/mol. The fourth-order valence-electron chi connectivity index (χ4n) is 3.14. The van der Waals surface area contributed by atoms with Crippen LogP contribution in [0.15, 0.2) is 0 Å².